The Hall–Kier alpha value is -2.77. The molecule has 0 heterocycles. The van der Waals surface area contributed by atoms with E-state index in [-0.39, 0.29) is 17.4 Å². The van der Waals surface area contributed by atoms with Gasteiger partial charge in [0.05, 0.1) is 13.3 Å². The van der Waals surface area contributed by atoms with E-state index in [1.807, 2.05) is 0 Å². The van der Waals surface area contributed by atoms with Crippen LogP contribution >= 0.6 is 0 Å². The van der Waals surface area contributed by atoms with Crippen molar-refractivity contribution in [3.8, 4) is 17.2 Å². The molecule has 1 aromatic rings. The summed E-state index contributed by atoms with van der Waals surface area (Å²) in [6.45, 7) is 0. The lowest BCUT2D eigenvalue weighted by Crippen LogP contribution is -2.16. The number of carbonyl (C=O) groups excluding carboxylic acids is 2. The van der Waals surface area contributed by atoms with Gasteiger partial charge in [-0.05, 0) is 25.0 Å². The lowest BCUT2D eigenvalue weighted by atomic mass is 10.1. The summed E-state index contributed by atoms with van der Waals surface area (Å²) in [4.78, 5) is 22.5. The number of unbranched alkanes of at least 4 members (excludes halogenated alkanes) is 3. The number of phenolic OH excluding ortho intramolecular Hbond substituents is 3. The Labute approximate surface area is 139 Å². The molecule has 0 fully saturated rings. The number of esters is 1. The van der Waals surface area contributed by atoms with Crippen molar-refractivity contribution in [2.75, 3.05) is 7.11 Å². The van der Waals surface area contributed by atoms with E-state index in [0.717, 1.165) is 19.3 Å². The van der Waals surface area contributed by atoms with Crippen molar-refractivity contribution in [3.05, 3.63) is 17.7 Å². The molecule has 0 spiro atoms. The molecule has 0 aliphatic rings. The van der Waals surface area contributed by atoms with Gasteiger partial charge in [0.2, 0.25) is 11.7 Å². The predicted molar refractivity (Wildman–Crippen MR) is 86.9 cm³/mol. The van der Waals surface area contributed by atoms with Crippen LogP contribution in [0.2, 0.25) is 0 Å². The number of hydrogen-bond acceptors (Lipinski definition) is 7. The van der Waals surface area contributed by atoms with Gasteiger partial charge in [-0.25, -0.2) is 5.43 Å². The second kappa shape index (κ2) is 10.1. The van der Waals surface area contributed by atoms with Gasteiger partial charge < -0.3 is 20.1 Å². The first kappa shape index (κ1) is 19.3. The number of ether oxygens (including phenoxy) is 1. The highest BCUT2D eigenvalue weighted by Crippen LogP contribution is 2.36. The summed E-state index contributed by atoms with van der Waals surface area (Å²) in [5.41, 5.74) is 2.47. The molecule has 0 saturated carbocycles. The van der Waals surface area contributed by atoms with Gasteiger partial charge in [-0.2, -0.15) is 5.10 Å². The van der Waals surface area contributed by atoms with Crippen LogP contribution < -0.4 is 5.43 Å². The monoisotopic (exact) mass is 338 g/mol. The Bertz CT molecular complexity index is 600. The zero-order chi connectivity index (χ0) is 17.9. The van der Waals surface area contributed by atoms with E-state index in [1.54, 1.807) is 0 Å². The summed E-state index contributed by atoms with van der Waals surface area (Å²) >= 11 is 0. The van der Waals surface area contributed by atoms with Crippen molar-refractivity contribution in [1.82, 2.24) is 5.43 Å². The fourth-order valence-electron chi connectivity index (χ4n) is 1.93. The van der Waals surface area contributed by atoms with Crippen LogP contribution in [0, 0.1) is 0 Å². The molecule has 132 valence electrons. The van der Waals surface area contributed by atoms with Gasteiger partial charge in [0.15, 0.2) is 11.5 Å². The summed E-state index contributed by atoms with van der Waals surface area (Å²) in [6, 6.07) is 2.55. The second-order valence-electron chi connectivity index (χ2n) is 5.15. The fourth-order valence-corrected chi connectivity index (χ4v) is 1.93. The van der Waals surface area contributed by atoms with Crippen LogP contribution in [-0.4, -0.2) is 40.5 Å². The molecule has 1 amide bonds. The lowest BCUT2D eigenvalue weighted by Gasteiger charge is -2.03. The summed E-state index contributed by atoms with van der Waals surface area (Å²) < 4.78 is 4.53. The first-order chi connectivity index (χ1) is 11.5. The third kappa shape index (κ3) is 6.55. The number of hydrazone groups is 1. The number of amides is 1. The molecular weight excluding hydrogens is 316 g/mol. The molecule has 0 aliphatic heterocycles. The number of phenols is 3. The summed E-state index contributed by atoms with van der Waals surface area (Å²) in [5.74, 6) is -2.11. The minimum absolute atomic E-state index is 0.161. The highest BCUT2D eigenvalue weighted by atomic mass is 16.5. The maximum absolute atomic E-state index is 11.6. The molecule has 0 aromatic heterocycles. The smallest absolute Gasteiger partial charge is 0.305 e. The van der Waals surface area contributed by atoms with Crippen LogP contribution in [0.4, 0.5) is 0 Å². The van der Waals surface area contributed by atoms with Crippen LogP contribution in [-0.2, 0) is 14.3 Å². The van der Waals surface area contributed by atoms with Crippen molar-refractivity contribution in [1.29, 1.82) is 0 Å². The van der Waals surface area contributed by atoms with Crippen molar-refractivity contribution in [2.45, 2.75) is 38.5 Å². The Morgan fingerprint density at radius 3 is 2.42 bits per heavy atom. The van der Waals surface area contributed by atoms with Crippen LogP contribution in [0.15, 0.2) is 17.2 Å². The van der Waals surface area contributed by atoms with Gasteiger partial charge in [-0.1, -0.05) is 12.8 Å². The number of rotatable bonds is 9. The highest BCUT2D eigenvalue weighted by molar-refractivity contribution is 5.86. The first-order valence-corrected chi connectivity index (χ1v) is 7.58. The zero-order valence-corrected chi connectivity index (χ0v) is 13.5. The minimum Gasteiger partial charge on any atom is -0.504 e. The number of methoxy groups -OCH3 is 1. The number of nitrogens with one attached hydrogen (secondary N) is 1. The first-order valence-electron chi connectivity index (χ1n) is 7.58. The minimum atomic E-state index is -0.641. The van der Waals surface area contributed by atoms with Gasteiger partial charge >= 0.3 is 5.97 Å². The second-order valence-corrected chi connectivity index (χ2v) is 5.15. The van der Waals surface area contributed by atoms with E-state index in [4.69, 9.17) is 0 Å². The number of carbonyl (C=O) groups is 2. The molecule has 8 heteroatoms. The van der Waals surface area contributed by atoms with Crippen molar-refractivity contribution >= 4 is 18.1 Å². The average Bonchev–Trinajstić information content (AvgIpc) is 2.57. The van der Waals surface area contributed by atoms with E-state index in [0.29, 0.717) is 19.3 Å². The number of aromatic hydroxyl groups is 3. The SMILES string of the molecule is COC(=O)CCCCCCC(=O)N/N=C/c1ccc(O)c(O)c1O. The summed E-state index contributed by atoms with van der Waals surface area (Å²) in [5, 5.41) is 31.8. The average molecular weight is 338 g/mol. The summed E-state index contributed by atoms with van der Waals surface area (Å²) in [6.07, 6.45) is 4.91. The largest absolute Gasteiger partial charge is 0.504 e. The maximum atomic E-state index is 11.6. The van der Waals surface area contributed by atoms with Gasteiger partial charge in [0.1, 0.15) is 0 Å². The number of nitrogens with zero attached hydrogens (tertiary/aromatic N) is 1. The molecule has 0 aliphatic carbocycles. The normalized spacial score (nSPS) is 10.7. The van der Waals surface area contributed by atoms with Crippen LogP contribution in [0.1, 0.15) is 44.1 Å². The van der Waals surface area contributed by atoms with Gasteiger partial charge in [-0.3, -0.25) is 9.59 Å². The van der Waals surface area contributed by atoms with Gasteiger partial charge in [-0.15, -0.1) is 0 Å². The Morgan fingerprint density at radius 1 is 1.08 bits per heavy atom. The third-order valence-electron chi connectivity index (χ3n) is 3.32. The molecule has 0 saturated heterocycles. The van der Waals surface area contributed by atoms with Crippen molar-refractivity contribution in [3.63, 3.8) is 0 Å². The number of hydrogen-bond donors (Lipinski definition) is 4. The topological polar surface area (TPSA) is 128 Å². The van der Waals surface area contributed by atoms with E-state index in [9.17, 15) is 24.9 Å². The fraction of sp³-hybridized carbons (Fsp3) is 0.438. The van der Waals surface area contributed by atoms with E-state index >= 15 is 0 Å². The van der Waals surface area contributed by atoms with Gasteiger partial charge in [0.25, 0.3) is 0 Å². The zero-order valence-electron chi connectivity index (χ0n) is 13.5. The quantitative estimate of drug-likeness (QED) is 0.179. The Kier molecular flexibility index (Phi) is 8.10. The molecule has 1 aromatic carbocycles. The van der Waals surface area contributed by atoms with Gasteiger partial charge in [0, 0.05) is 18.4 Å². The molecule has 8 nitrogen and oxygen atoms in total. The van der Waals surface area contributed by atoms with E-state index < -0.39 is 17.2 Å². The Balaban J connectivity index is 2.24. The predicted octanol–water partition coefficient (Wildman–Crippen LogP) is 1.77. The molecule has 0 atom stereocenters. The molecular formula is C16H22N2O6. The molecule has 4 N–H and O–H groups in total. The van der Waals surface area contributed by atoms with Crippen molar-refractivity contribution < 1.29 is 29.6 Å². The molecule has 0 unspecified atom stereocenters. The van der Waals surface area contributed by atoms with Crippen LogP contribution in [0.25, 0.3) is 0 Å². The standard InChI is InChI=1S/C16H22N2O6/c1-24-14(21)7-5-3-2-4-6-13(20)18-17-10-11-8-9-12(19)16(23)15(11)22/h8-10,19,22-23H,2-7H2,1H3,(H,18,20)/b17-10+. The summed E-state index contributed by atoms with van der Waals surface area (Å²) in [7, 11) is 1.35. The molecule has 24 heavy (non-hydrogen) atoms. The molecule has 0 bridgehead atoms. The maximum Gasteiger partial charge on any atom is 0.305 e. The third-order valence-corrected chi connectivity index (χ3v) is 3.32. The van der Waals surface area contributed by atoms with Crippen molar-refractivity contribution in [2.24, 2.45) is 5.10 Å². The lowest BCUT2D eigenvalue weighted by molar-refractivity contribution is -0.140. The molecule has 0 radical (unpaired) electrons. The highest BCUT2D eigenvalue weighted by Gasteiger charge is 2.09. The Morgan fingerprint density at radius 2 is 1.75 bits per heavy atom. The van der Waals surface area contributed by atoms with Crippen LogP contribution in [0.5, 0.6) is 17.2 Å². The molecule has 1 rings (SSSR count). The van der Waals surface area contributed by atoms with E-state index in [1.165, 1.54) is 25.5 Å². The van der Waals surface area contributed by atoms with Crippen LogP contribution in [0.3, 0.4) is 0 Å². The number of benzene rings is 1. The van der Waals surface area contributed by atoms with E-state index in [2.05, 4.69) is 15.3 Å².